The topological polar surface area (TPSA) is 47.3 Å². The van der Waals surface area contributed by atoms with Gasteiger partial charge in [-0.25, -0.2) is 0 Å². The maximum atomic E-state index is 6.00. The van der Waals surface area contributed by atoms with Gasteiger partial charge in [-0.05, 0) is 19.1 Å². The molecule has 0 radical (unpaired) electrons. The summed E-state index contributed by atoms with van der Waals surface area (Å²) in [6, 6.07) is 5.43. The normalized spacial score (nSPS) is 10.1. The molecular formula is C12H17ClN2O. The van der Waals surface area contributed by atoms with Gasteiger partial charge in [0.05, 0.1) is 29.6 Å². The van der Waals surface area contributed by atoms with Crippen molar-refractivity contribution in [1.29, 1.82) is 0 Å². The molecule has 0 bridgehead atoms. The zero-order valence-corrected chi connectivity index (χ0v) is 10.2. The second kappa shape index (κ2) is 6.40. The highest BCUT2D eigenvalue weighted by Gasteiger charge is 2.02. The Morgan fingerprint density at radius 2 is 2.31 bits per heavy atom. The van der Waals surface area contributed by atoms with Crippen molar-refractivity contribution in [2.75, 3.05) is 30.8 Å². The molecule has 1 aromatic rings. The van der Waals surface area contributed by atoms with Gasteiger partial charge in [-0.15, -0.1) is 0 Å². The fourth-order valence-corrected chi connectivity index (χ4v) is 1.47. The number of para-hydroxylation sites is 1. The van der Waals surface area contributed by atoms with E-state index in [9.17, 15) is 0 Å². The Bertz CT molecular complexity index is 346. The molecule has 0 amide bonds. The number of rotatable bonds is 6. The number of nitrogens with two attached hydrogens (primary N) is 1. The van der Waals surface area contributed by atoms with Gasteiger partial charge >= 0.3 is 0 Å². The standard InChI is InChI=1S/C12H17ClN2O/c1-9(2)8-16-7-6-15-12-10(13)4-3-5-11(12)14/h3-5,15H,1,6-8,14H2,2H3. The van der Waals surface area contributed by atoms with E-state index in [0.29, 0.717) is 30.5 Å². The van der Waals surface area contributed by atoms with E-state index in [2.05, 4.69) is 11.9 Å². The molecule has 0 aromatic heterocycles. The third kappa shape index (κ3) is 4.13. The molecule has 0 fully saturated rings. The summed E-state index contributed by atoms with van der Waals surface area (Å²) < 4.78 is 5.35. The summed E-state index contributed by atoms with van der Waals surface area (Å²) in [5.74, 6) is 0. The van der Waals surface area contributed by atoms with Crippen LogP contribution < -0.4 is 11.1 Å². The zero-order chi connectivity index (χ0) is 12.0. The Balaban J connectivity index is 2.34. The van der Waals surface area contributed by atoms with Crippen LogP contribution in [0.4, 0.5) is 11.4 Å². The van der Waals surface area contributed by atoms with E-state index in [1.807, 2.05) is 19.1 Å². The van der Waals surface area contributed by atoms with E-state index in [4.69, 9.17) is 22.1 Å². The number of halogens is 1. The Morgan fingerprint density at radius 3 is 2.94 bits per heavy atom. The second-order valence-corrected chi connectivity index (χ2v) is 4.05. The lowest BCUT2D eigenvalue weighted by atomic mass is 10.2. The van der Waals surface area contributed by atoms with Crippen LogP contribution in [0.25, 0.3) is 0 Å². The van der Waals surface area contributed by atoms with E-state index in [-0.39, 0.29) is 0 Å². The Morgan fingerprint density at radius 1 is 1.56 bits per heavy atom. The molecule has 0 heterocycles. The minimum absolute atomic E-state index is 0.583. The molecule has 1 aromatic carbocycles. The minimum atomic E-state index is 0.583. The molecule has 0 aliphatic carbocycles. The van der Waals surface area contributed by atoms with Crippen molar-refractivity contribution in [3.8, 4) is 0 Å². The molecule has 0 aliphatic heterocycles. The van der Waals surface area contributed by atoms with Crippen LogP contribution in [0.3, 0.4) is 0 Å². The second-order valence-electron chi connectivity index (χ2n) is 3.64. The maximum absolute atomic E-state index is 6.00. The van der Waals surface area contributed by atoms with Crippen LogP contribution in [0.1, 0.15) is 6.92 Å². The number of nitrogen functional groups attached to an aromatic ring is 1. The quantitative estimate of drug-likeness (QED) is 0.457. The number of nitrogens with one attached hydrogen (secondary N) is 1. The largest absolute Gasteiger partial charge is 0.397 e. The van der Waals surface area contributed by atoms with Crippen molar-refractivity contribution in [3.05, 3.63) is 35.4 Å². The van der Waals surface area contributed by atoms with Crippen molar-refractivity contribution < 1.29 is 4.74 Å². The van der Waals surface area contributed by atoms with Crippen LogP contribution in [-0.4, -0.2) is 19.8 Å². The number of hydrogen-bond acceptors (Lipinski definition) is 3. The number of benzene rings is 1. The molecule has 0 saturated carbocycles. The van der Waals surface area contributed by atoms with E-state index in [1.165, 1.54) is 0 Å². The lowest BCUT2D eigenvalue weighted by Crippen LogP contribution is -2.11. The highest BCUT2D eigenvalue weighted by atomic mass is 35.5. The predicted molar refractivity (Wildman–Crippen MR) is 70.0 cm³/mol. The maximum Gasteiger partial charge on any atom is 0.0763 e. The summed E-state index contributed by atoms with van der Waals surface area (Å²) in [5, 5.41) is 3.77. The van der Waals surface area contributed by atoms with Crippen molar-refractivity contribution in [2.45, 2.75) is 6.92 Å². The lowest BCUT2D eigenvalue weighted by molar-refractivity contribution is 0.167. The molecule has 4 heteroatoms. The number of hydrogen-bond donors (Lipinski definition) is 2. The van der Waals surface area contributed by atoms with Gasteiger partial charge in [0.25, 0.3) is 0 Å². The van der Waals surface area contributed by atoms with Gasteiger partial charge in [-0.1, -0.05) is 29.8 Å². The first-order valence-corrected chi connectivity index (χ1v) is 5.49. The predicted octanol–water partition coefficient (Wildman–Crippen LogP) is 2.93. The van der Waals surface area contributed by atoms with E-state index in [0.717, 1.165) is 11.3 Å². The molecule has 0 unspecified atom stereocenters. The number of ether oxygens (including phenoxy) is 1. The van der Waals surface area contributed by atoms with Crippen molar-refractivity contribution >= 4 is 23.0 Å². The summed E-state index contributed by atoms with van der Waals surface area (Å²) in [6.45, 7) is 7.53. The van der Waals surface area contributed by atoms with Crippen LogP contribution in [-0.2, 0) is 4.74 Å². The van der Waals surface area contributed by atoms with Gasteiger partial charge in [-0.3, -0.25) is 0 Å². The molecule has 0 saturated heterocycles. The van der Waals surface area contributed by atoms with E-state index < -0.39 is 0 Å². The van der Waals surface area contributed by atoms with Gasteiger partial charge in [0.1, 0.15) is 0 Å². The Hall–Kier alpha value is -1.19. The SMILES string of the molecule is C=C(C)COCCNc1c(N)cccc1Cl. The fourth-order valence-electron chi connectivity index (χ4n) is 1.22. The summed E-state index contributed by atoms with van der Waals surface area (Å²) >= 11 is 6.00. The monoisotopic (exact) mass is 240 g/mol. The van der Waals surface area contributed by atoms with Crippen LogP contribution in [0, 0.1) is 0 Å². The molecule has 0 spiro atoms. The van der Waals surface area contributed by atoms with Gasteiger partial charge < -0.3 is 15.8 Å². The molecule has 3 N–H and O–H groups in total. The van der Waals surface area contributed by atoms with Gasteiger partial charge in [0.15, 0.2) is 0 Å². The van der Waals surface area contributed by atoms with Gasteiger partial charge in [0, 0.05) is 6.54 Å². The average molecular weight is 241 g/mol. The number of anilines is 2. The summed E-state index contributed by atoms with van der Waals surface area (Å²) in [5.41, 5.74) is 8.21. The van der Waals surface area contributed by atoms with Crippen LogP contribution in [0.15, 0.2) is 30.4 Å². The summed E-state index contributed by atoms with van der Waals surface area (Å²) in [4.78, 5) is 0. The first-order chi connectivity index (χ1) is 7.61. The smallest absolute Gasteiger partial charge is 0.0763 e. The minimum Gasteiger partial charge on any atom is -0.397 e. The first-order valence-electron chi connectivity index (χ1n) is 5.11. The van der Waals surface area contributed by atoms with Gasteiger partial charge in [0.2, 0.25) is 0 Å². The molecule has 16 heavy (non-hydrogen) atoms. The fraction of sp³-hybridized carbons (Fsp3) is 0.333. The summed E-state index contributed by atoms with van der Waals surface area (Å²) in [6.07, 6.45) is 0. The van der Waals surface area contributed by atoms with E-state index >= 15 is 0 Å². The highest BCUT2D eigenvalue weighted by molar-refractivity contribution is 6.33. The molecule has 3 nitrogen and oxygen atoms in total. The lowest BCUT2D eigenvalue weighted by Gasteiger charge is -2.11. The van der Waals surface area contributed by atoms with Crippen molar-refractivity contribution in [3.63, 3.8) is 0 Å². The Kier molecular flexibility index (Phi) is 5.15. The van der Waals surface area contributed by atoms with Crippen LogP contribution in [0.5, 0.6) is 0 Å². The van der Waals surface area contributed by atoms with Crippen LogP contribution >= 0.6 is 11.6 Å². The van der Waals surface area contributed by atoms with Crippen molar-refractivity contribution in [2.24, 2.45) is 0 Å². The Labute approximate surface area is 101 Å². The molecule has 1 rings (SSSR count). The molecule has 0 atom stereocenters. The first kappa shape index (κ1) is 12.9. The van der Waals surface area contributed by atoms with Crippen LogP contribution in [0.2, 0.25) is 5.02 Å². The van der Waals surface area contributed by atoms with Gasteiger partial charge in [-0.2, -0.15) is 0 Å². The third-order valence-electron chi connectivity index (χ3n) is 1.94. The summed E-state index contributed by atoms with van der Waals surface area (Å²) in [7, 11) is 0. The van der Waals surface area contributed by atoms with Crippen molar-refractivity contribution in [1.82, 2.24) is 0 Å². The molecule has 0 aliphatic rings. The average Bonchev–Trinajstić information content (AvgIpc) is 2.21. The molecule has 88 valence electrons. The highest BCUT2D eigenvalue weighted by Crippen LogP contribution is 2.27. The third-order valence-corrected chi connectivity index (χ3v) is 2.26. The zero-order valence-electron chi connectivity index (χ0n) is 9.42. The molecular weight excluding hydrogens is 224 g/mol. The van der Waals surface area contributed by atoms with E-state index in [1.54, 1.807) is 6.07 Å².